The van der Waals surface area contributed by atoms with Crippen molar-refractivity contribution < 1.29 is 9.32 Å². The minimum Gasteiger partial charge on any atom is -0.360 e. The zero-order chi connectivity index (χ0) is 15.8. The van der Waals surface area contributed by atoms with Gasteiger partial charge in [-0.15, -0.1) is 11.8 Å². The van der Waals surface area contributed by atoms with E-state index in [1.54, 1.807) is 11.8 Å². The molecule has 0 N–H and O–H groups in total. The summed E-state index contributed by atoms with van der Waals surface area (Å²) in [6.45, 7) is 0.725. The van der Waals surface area contributed by atoms with Gasteiger partial charge in [-0.3, -0.25) is 4.79 Å². The maximum absolute atomic E-state index is 13.0. The number of rotatable bonds is 2. The molecular formula is C17H17ClN2O2S. The molecule has 1 amide bonds. The predicted molar refractivity (Wildman–Crippen MR) is 90.8 cm³/mol. The minimum absolute atomic E-state index is 0.00265. The summed E-state index contributed by atoms with van der Waals surface area (Å²) < 4.78 is 5.40. The van der Waals surface area contributed by atoms with Crippen LogP contribution in [0.1, 0.15) is 45.6 Å². The van der Waals surface area contributed by atoms with Crippen LogP contribution in [-0.2, 0) is 12.8 Å². The Labute approximate surface area is 144 Å². The molecule has 2 heterocycles. The number of amides is 1. The molecule has 2 aliphatic rings. The average molecular weight is 349 g/mol. The van der Waals surface area contributed by atoms with E-state index < -0.39 is 0 Å². The van der Waals surface area contributed by atoms with Crippen molar-refractivity contribution in [2.45, 2.75) is 31.1 Å². The Morgan fingerprint density at radius 1 is 1.35 bits per heavy atom. The molecule has 1 aromatic heterocycles. The maximum atomic E-state index is 13.0. The van der Waals surface area contributed by atoms with Gasteiger partial charge in [0, 0.05) is 29.3 Å². The molecule has 4 rings (SSSR count). The van der Waals surface area contributed by atoms with Crippen LogP contribution in [0.2, 0.25) is 5.02 Å². The van der Waals surface area contributed by atoms with Gasteiger partial charge in [0.25, 0.3) is 5.91 Å². The average Bonchev–Trinajstić information content (AvgIpc) is 3.21. The quantitative estimate of drug-likeness (QED) is 0.819. The Kier molecular flexibility index (Phi) is 4.07. The van der Waals surface area contributed by atoms with Gasteiger partial charge in [-0.1, -0.05) is 28.9 Å². The van der Waals surface area contributed by atoms with Crippen molar-refractivity contribution in [1.82, 2.24) is 10.1 Å². The Balaban J connectivity index is 1.64. The third-order valence-electron chi connectivity index (χ3n) is 4.44. The highest BCUT2D eigenvalue weighted by molar-refractivity contribution is 7.99. The molecule has 1 fully saturated rings. The van der Waals surface area contributed by atoms with E-state index in [2.05, 4.69) is 5.16 Å². The lowest BCUT2D eigenvalue weighted by Crippen LogP contribution is -2.31. The summed E-state index contributed by atoms with van der Waals surface area (Å²) in [5.74, 6) is 1.79. The maximum Gasteiger partial charge on any atom is 0.277 e. The molecule has 1 saturated heterocycles. The van der Waals surface area contributed by atoms with Crippen molar-refractivity contribution in [1.29, 1.82) is 0 Å². The second kappa shape index (κ2) is 6.21. The molecule has 2 aromatic rings. The number of carbonyl (C=O) groups is 1. The van der Waals surface area contributed by atoms with Gasteiger partial charge in [-0.25, -0.2) is 0 Å². The van der Waals surface area contributed by atoms with Gasteiger partial charge in [-0.05, 0) is 37.0 Å². The van der Waals surface area contributed by atoms with Gasteiger partial charge >= 0.3 is 0 Å². The summed E-state index contributed by atoms with van der Waals surface area (Å²) in [6.07, 6.45) is 3.99. The molecular weight excluding hydrogens is 332 g/mol. The molecule has 1 aliphatic heterocycles. The number of fused-ring (bicyclic) bond motifs is 1. The number of hydrogen-bond donors (Lipinski definition) is 0. The van der Waals surface area contributed by atoms with E-state index in [1.165, 1.54) is 0 Å². The summed E-state index contributed by atoms with van der Waals surface area (Å²) in [6, 6.07) is 7.73. The van der Waals surface area contributed by atoms with Crippen LogP contribution in [0, 0.1) is 0 Å². The molecule has 1 atom stereocenters. The first-order chi connectivity index (χ1) is 11.2. The summed E-state index contributed by atoms with van der Waals surface area (Å²) >= 11 is 7.87. The van der Waals surface area contributed by atoms with E-state index in [0.717, 1.165) is 54.9 Å². The molecule has 120 valence electrons. The predicted octanol–water partition coefficient (Wildman–Crippen LogP) is 4.09. The smallest absolute Gasteiger partial charge is 0.277 e. The summed E-state index contributed by atoms with van der Waals surface area (Å²) in [5.41, 5.74) is 2.59. The molecule has 0 saturated carbocycles. The van der Waals surface area contributed by atoms with Crippen LogP contribution in [0.5, 0.6) is 0 Å². The van der Waals surface area contributed by atoms with Crippen molar-refractivity contribution in [3.05, 3.63) is 51.9 Å². The summed E-state index contributed by atoms with van der Waals surface area (Å²) in [5, 5.41) is 4.78. The highest BCUT2D eigenvalue weighted by Crippen LogP contribution is 2.40. The van der Waals surface area contributed by atoms with Gasteiger partial charge < -0.3 is 9.42 Å². The van der Waals surface area contributed by atoms with Crippen LogP contribution in [0.3, 0.4) is 0 Å². The second-order valence-electron chi connectivity index (χ2n) is 5.92. The van der Waals surface area contributed by atoms with E-state index in [4.69, 9.17) is 16.1 Å². The number of thioether (sulfide) groups is 1. The van der Waals surface area contributed by atoms with Gasteiger partial charge in [-0.2, -0.15) is 0 Å². The SMILES string of the molecule is O=C(c1noc2c1CCCC2)N1CCSC1c1cccc(Cl)c1. The van der Waals surface area contributed by atoms with Crippen LogP contribution in [-0.4, -0.2) is 28.3 Å². The summed E-state index contributed by atoms with van der Waals surface area (Å²) in [4.78, 5) is 14.9. The highest BCUT2D eigenvalue weighted by Gasteiger charge is 2.35. The molecule has 0 radical (unpaired) electrons. The fourth-order valence-corrected chi connectivity index (χ4v) is 4.75. The number of halogens is 1. The van der Waals surface area contributed by atoms with E-state index >= 15 is 0 Å². The summed E-state index contributed by atoms with van der Waals surface area (Å²) in [7, 11) is 0. The van der Waals surface area contributed by atoms with Crippen LogP contribution in [0.15, 0.2) is 28.8 Å². The lowest BCUT2D eigenvalue weighted by Gasteiger charge is -2.24. The van der Waals surface area contributed by atoms with Crippen LogP contribution in [0.25, 0.3) is 0 Å². The van der Waals surface area contributed by atoms with Crippen molar-refractivity contribution in [3.63, 3.8) is 0 Å². The topological polar surface area (TPSA) is 46.3 Å². The molecule has 1 aromatic carbocycles. The second-order valence-corrected chi connectivity index (χ2v) is 7.54. The highest BCUT2D eigenvalue weighted by atomic mass is 35.5. The van der Waals surface area contributed by atoms with Crippen LogP contribution in [0.4, 0.5) is 0 Å². The van der Waals surface area contributed by atoms with E-state index in [-0.39, 0.29) is 11.3 Å². The number of benzene rings is 1. The lowest BCUT2D eigenvalue weighted by atomic mass is 9.96. The fourth-order valence-electron chi connectivity index (χ4n) is 3.30. The Morgan fingerprint density at radius 2 is 2.22 bits per heavy atom. The number of hydrogen-bond acceptors (Lipinski definition) is 4. The van der Waals surface area contributed by atoms with Gasteiger partial charge in [0.15, 0.2) is 5.69 Å². The van der Waals surface area contributed by atoms with Gasteiger partial charge in [0.1, 0.15) is 11.1 Å². The van der Waals surface area contributed by atoms with Crippen LogP contribution >= 0.6 is 23.4 Å². The van der Waals surface area contributed by atoms with E-state index in [0.29, 0.717) is 10.7 Å². The number of carbonyl (C=O) groups excluding carboxylic acids is 1. The van der Waals surface area contributed by atoms with Gasteiger partial charge in [0.05, 0.1) is 0 Å². The minimum atomic E-state index is -0.0214. The molecule has 1 unspecified atom stereocenters. The van der Waals surface area contributed by atoms with E-state index in [1.807, 2.05) is 29.2 Å². The largest absolute Gasteiger partial charge is 0.360 e. The molecule has 4 nitrogen and oxygen atoms in total. The zero-order valence-corrected chi connectivity index (χ0v) is 14.2. The van der Waals surface area contributed by atoms with Crippen molar-refractivity contribution in [3.8, 4) is 0 Å². The van der Waals surface area contributed by atoms with Gasteiger partial charge in [0.2, 0.25) is 0 Å². The molecule has 1 aliphatic carbocycles. The third-order valence-corrected chi connectivity index (χ3v) is 5.93. The Hall–Kier alpha value is -1.46. The first-order valence-electron chi connectivity index (χ1n) is 7.89. The molecule has 23 heavy (non-hydrogen) atoms. The molecule has 6 heteroatoms. The van der Waals surface area contributed by atoms with E-state index in [9.17, 15) is 4.79 Å². The first kappa shape index (κ1) is 15.1. The number of aryl methyl sites for hydroxylation is 1. The van der Waals surface area contributed by atoms with Crippen LogP contribution < -0.4 is 0 Å². The third kappa shape index (κ3) is 2.76. The zero-order valence-electron chi connectivity index (χ0n) is 12.6. The molecule has 0 spiro atoms. The number of aromatic nitrogens is 1. The number of nitrogens with zero attached hydrogens (tertiary/aromatic N) is 2. The Morgan fingerprint density at radius 3 is 3.09 bits per heavy atom. The molecule has 0 bridgehead atoms. The fraction of sp³-hybridized carbons (Fsp3) is 0.412. The normalized spacial score (nSPS) is 20.6. The van der Waals surface area contributed by atoms with Crippen molar-refractivity contribution in [2.75, 3.05) is 12.3 Å². The monoisotopic (exact) mass is 348 g/mol. The Bertz CT molecular complexity index is 746. The first-order valence-corrected chi connectivity index (χ1v) is 9.32. The standard InChI is InChI=1S/C17H17ClN2O2S/c18-12-5-3-4-11(10-12)17-20(8-9-23-17)16(21)15-13-6-1-2-7-14(13)22-19-15/h3-5,10,17H,1-2,6-9H2. The van der Waals surface area contributed by atoms with Crippen molar-refractivity contribution >= 4 is 29.3 Å². The van der Waals surface area contributed by atoms with Crippen molar-refractivity contribution in [2.24, 2.45) is 0 Å². The lowest BCUT2D eigenvalue weighted by molar-refractivity contribution is 0.0749.